The summed E-state index contributed by atoms with van der Waals surface area (Å²) < 4.78 is 53.7. The maximum Gasteiger partial charge on any atom is 0.336 e. The number of carboxylic acid groups (broad SMARTS) is 1. The zero-order chi connectivity index (χ0) is 69.1. The Morgan fingerprint density at radius 3 is 1.59 bits per heavy atom. The SMILES string of the molecule is CCCCCCCC(=O)O[C@H](COC(=O)CCCCCCCNC(=O)c1ccc(-c2c3ccc(=O)cc-3oc3cc(O)ccc23)c(C(=O)O)c1)COP(=O)([O-])OC1[C@H](O)[C@H](O)C(OP(=O)([O-])[O-])[C@H](O)[C@H]1O.CC[NH+](CC)CC.CC[NH+](CC)CC.CC[NH+](CC)CC. The lowest BCUT2D eigenvalue weighted by atomic mass is 9.85. The third kappa shape index (κ3) is 29.2. The number of amides is 1. The van der Waals surface area contributed by atoms with Crippen LogP contribution in [0.25, 0.3) is 33.4 Å². The van der Waals surface area contributed by atoms with Crippen LogP contribution >= 0.6 is 15.6 Å². The molecule has 1 saturated carbocycles. The van der Waals surface area contributed by atoms with E-state index in [1.807, 2.05) is 6.92 Å². The highest BCUT2D eigenvalue weighted by atomic mass is 31.2. The van der Waals surface area contributed by atoms with Crippen molar-refractivity contribution in [3.8, 4) is 28.2 Å². The van der Waals surface area contributed by atoms with Gasteiger partial charge in [0.2, 0.25) is 0 Å². The fourth-order valence-electron chi connectivity index (χ4n) is 10.1. The largest absolute Gasteiger partial charge is 0.790 e. The van der Waals surface area contributed by atoms with E-state index >= 15 is 0 Å². The van der Waals surface area contributed by atoms with Gasteiger partial charge >= 0.3 is 17.9 Å². The molecule has 92 heavy (non-hydrogen) atoms. The molecule has 0 spiro atoms. The Kier molecular flexibility index (Phi) is 39.3. The second-order valence-electron chi connectivity index (χ2n) is 22.3. The van der Waals surface area contributed by atoms with E-state index in [1.165, 1.54) is 107 Å². The number of quaternary nitrogens is 3. The van der Waals surface area contributed by atoms with Crippen LogP contribution in [0.1, 0.15) is 167 Å². The van der Waals surface area contributed by atoms with Gasteiger partial charge < -0.3 is 97.4 Å². The molecule has 1 fully saturated rings. The highest BCUT2D eigenvalue weighted by molar-refractivity contribution is 7.45. The minimum Gasteiger partial charge on any atom is -0.790 e. The van der Waals surface area contributed by atoms with E-state index in [9.17, 15) is 78.4 Å². The zero-order valence-corrected chi connectivity index (χ0v) is 57.1. The number of hydrogen-bond donors (Lipinski definition) is 10. The van der Waals surface area contributed by atoms with E-state index in [0.717, 1.165) is 19.3 Å². The van der Waals surface area contributed by atoms with E-state index in [0.29, 0.717) is 61.5 Å². The van der Waals surface area contributed by atoms with Gasteiger partial charge in [-0.2, -0.15) is 0 Å². The number of phosphoric acid groups is 2. The van der Waals surface area contributed by atoms with Gasteiger partial charge in [-0.3, -0.25) is 23.7 Å². The topological polar surface area (TPSA) is 395 Å². The number of hydrogen-bond acceptors (Lipinski definition) is 21. The predicted molar refractivity (Wildman–Crippen MR) is 340 cm³/mol. The van der Waals surface area contributed by atoms with Crippen LogP contribution in [-0.4, -0.2) is 176 Å². The molecule has 0 radical (unpaired) electrons. The number of carbonyl (C=O) groups is 4. The van der Waals surface area contributed by atoms with Gasteiger partial charge in [-0.05, 0) is 124 Å². The average Bonchev–Trinajstić information content (AvgIpc) is 0.759. The molecule has 2 aliphatic carbocycles. The molecule has 10 N–H and O–H groups in total. The van der Waals surface area contributed by atoms with Crippen LogP contribution in [0.4, 0.5) is 0 Å². The number of phenols is 1. The second kappa shape index (κ2) is 43.7. The van der Waals surface area contributed by atoms with Gasteiger partial charge in [0.05, 0.1) is 78.9 Å². The minimum atomic E-state index is -5.86. The molecule has 3 unspecified atom stereocenters. The Balaban J connectivity index is 0.00000117. The number of ether oxygens (including phenoxy) is 2. The van der Waals surface area contributed by atoms with Gasteiger partial charge in [0.25, 0.3) is 13.7 Å². The van der Waals surface area contributed by atoms with E-state index in [-0.39, 0.29) is 58.6 Å². The first kappa shape index (κ1) is 82.8. The van der Waals surface area contributed by atoms with Gasteiger partial charge in [-0.25, -0.2) is 4.79 Å². The number of aromatic hydroxyl groups is 1. The number of aliphatic hydroxyl groups excluding tert-OH is 4. The molecule has 5 rings (SSSR count). The molecule has 522 valence electrons. The summed E-state index contributed by atoms with van der Waals surface area (Å²) in [7, 11) is -11.5. The number of carboxylic acids is 1. The van der Waals surface area contributed by atoms with E-state index in [4.69, 9.17) is 18.4 Å². The number of fused-ring (bicyclic) bond motifs is 2. The van der Waals surface area contributed by atoms with E-state index in [2.05, 4.69) is 76.7 Å². The lowest BCUT2D eigenvalue weighted by Gasteiger charge is -2.47. The molecule has 2 aromatic carbocycles. The van der Waals surface area contributed by atoms with E-state index in [1.54, 1.807) is 20.8 Å². The van der Waals surface area contributed by atoms with Crippen molar-refractivity contribution in [1.82, 2.24) is 5.32 Å². The molecule has 8 atom stereocenters. The molecule has 1 aliphatic heterocycles. The van der Waals surface area contributed by atoms with Crippen LogP contribution in [0.5, 0.6) is 5.75 Å². The number of unbranched alkanes of at least 4 members (excludes halogenated alkanes) is 8. The second-order valence-corrected chi connectivity index (χ2v) is 24.8. The summed E-state index contributed by atoms with van der Waals surface area (Å²) >= 11 is 0. The number of phenolic OH excluding ortho intramolecular Hbond substituents is 1. The van der Waals surface area contributed by atoms with Crippen molar-refractivity contribution in [1.29, 1.82) is 0 Å². The molecule has 0 saturated heterocycles. The lowest BCUT2D eigenvalue weighted by molar-refractivity contribution is -0.894. The van der Waals surface area contributed by atoms with Crippen LogP contribution in [0.2, 0.25) is 0 Å². The maximum absolute atomic E-state index is 13.1. The number of aromatic carboxylic acids is 1. The normalized spacial score (nSPS) is 18.2. The molecule has 3 aliphatic rings. The average molecular weight is 1340 g/mol. The predicted octanol–water partition coefficient (Wildman–Crippen LogP) is 2.19. The molecule has 2 aromatic rings. The van der Waals surface area contributed by atoms with Crippen molar-refractivity contribution in [3.05, 3.63) is 75.9 Å². The van der Waals surface area contributed by atoms with Gasteiger partial charge in [-0.15, -0.1) is 0 Å². The number of phosphoric ester groups is 2. The highest BCUT2D eigenvalue weighted by Gasteiger charge is 2.52. The van der Waals surface area contributed by atoms with Crippen molar-refractivity contribution in [2.75, 3.05) is 78.7 Å². The molecule has 1 heterocycles. The summed E-state index contributed by atoms with van der Waals surface area (Å²) in [6.45, 7) is 32.1. The van der Waals surface area contributed by atoms with Crippen molar-refractivity contribution in [3.63, 3.8) is 0 Å². The van der Waals surface area contributed by atoms with Gasteiger partial charge in [0.1, 0.15) is 60.3 Å². The van der Waals surface area contributed by atoms with Crippen molar-refractivity contribution < 1.29 is 116 Å². The molecular weight excluding hydrogens is 1240 g/mol. The van der Waals surface area contributed by atoms with Crippen molar-refractivity contribution >= 4 is 50.4 Å². The molecule has 28 heteroatoms. The summed E-state index contributed by atoms with van der Waals surface area (Å²) in [6.07, 6.45) is -9.36. The first-order chi connectivity index (χ1) is 43.6. The molecule has 0 aromatic heterocycles. The van der Waals surface area contributed by atoms with Crippen LogP contribution < -0.4 is 40.1 Å². The Bertz CT molecular complexity index is 2870. The van der Waals surface area contributed by atoms with Crippen molar-refractivity contribution in [2.45, 2.75) is 189 Å². The number of rotatable bonds is 36. The fourth-order valence-corrected chi connectivity index (χ4v) is 11.6. The third-order valence-electron chi connectivity index (χ3n) is 16.0. The molecule has 0 bridgehead atoms. The monoisotopic (exact) mass is 1340 g/mol. The summed E-state index contributed by atoms with van der Waals surface area (Å²) in [4.78, 5) is 103. The molecule has 1 amide bonds. The fraction of sp³-hybridized carbons (Fsp3) is 0.641. The summed E-state index contributed by atoms with van der Waals surface area (Å²) in [5.41, 5.74) is 0.917. The Labute approximate surface area is 541 Å². The number of esters is 2. The van der Waals surface area contributed by atoms with Crippen LogP contribution in [0.15, 0.2) is 63.8 Å². The highest BCUT2D eigenvalue weighted by Crippen LogP contribution is 2.45. The standard InChI is InChI=1S/C46H59NO22P2.3C6H15N/c1-2-3-4-6-10-13-37(51)66-29(25-65-71(62,63)69-44-41(54)39(52)43(40(53)42(44)55)68-70(59,60)61)24-64-36(50)12-9-7-5-8-11-20-47-45(56)26-14-17-30(33(21-26)46(57)58)38-31-18-15-27(48)22-34(31)67-35-23-28(49)16-19-32(35)38;3*1-4-7(5-2)6-3/h14-19,21-23,29,39-44,48,52-55H,2-13,20,24-25H2,1H3,(H,47,56)(H,57,58)(H,62,63)(H2,59,60,61);3*4-6H2,1-3H3/t29-,39-,40+,41-,42-,43?,44?;;;/m1.../s1. The number of benzene rings is 3. The smallest absolute Gasteiger partial charge is 0.336 e. The number of nitrogens with one attached hydrogen (secondary N) is 4. The van der Waals surface area contributed by atoms with Crippen molar-refractivity contribution in [2.24, 2.45) is 0 Å². The number of carbonyl (C=O) groups excluding carboxylic acids is 3. The summed E-state index contributed by atoms with van der Waals surface area (Å²) in [5, 5.41) is 64.6. The molecule has 26 nitrogen and oxygen atoms in total. The first-order valence-electron chi connectivity index (χ1n) is 32.4. The molecular formula is C64H104N4O22P2. The maximum atomic E-state index is 13.1. The summed E-state index contributed by atoms with van der Waals surface area (Å²) in [5.74, 6) is -3.23. The summed E-state index contributed by atoms with van der Waals surface area (Å²) in [6, 6.07) is 12.7. The van der Waals surface area contributed by atoms with Gasteiger partial charge in [-0.1, -0.05) is 57.9 Å². The van der Waals surface area contributed by atoms with E-state index < -0.39 is 95.4 Å². The Morgan fingerprint density at radius 2 is 1.09 bits per heavy atom. The first-order valence-corrected chi connectivity index (χ1v) is 35.3. The number of aliphatic hydroxyl groups is 4. The quantitative estimate of drug-likeness (QED) is 0.0135. The van der Waals surface area contributed by atoms with Gasteiger partial charge in [0.15, 0.2) is 11.5 Å². The van der Waals surface area contributed by atoms with Crippen LogP contribution in [-0.2, 0) is 41.8 Å². The minimum absolute atomic E-state index is 0.0524. The Hall–Kier alpha value is -5.25. The van der Waals surface area contributed by atoms with Crippen LogP contribution in [0.3, 0.4) is 0 Å². The third-order valence-corrected chi connectivity index (χ3v) is 17.4. The zero-order valence-electron chi connectivity index (χ0n) is 55.3. The van der Waals surface area contributed by atoms with Crippen LogP contribution in [0, 0.1) is 0 Å². The van der Waals surface area contributed by atoms with Gasteiger partial charge in [0, 0.05) is 53.6 Å². The lowest BCUT2D eigenvalue weighted by Crippen LogP contribution is -3.11. The Morgan fingerprint density at radius 1 is 0.598 bits per heavy atom.